The second kappa shape index (κ2) is 6.49. The summed E-state index contributed by atoms with van der Waals surface area (Å²) in [5, 5.41) is 9.55. The Bertz CT molecular complexity index is 614. The number of nitrogens with zero attached hydrogens (tertiary/aromatic N) is 1. The molecule has 0 bridgehead atoms. The van der Waals surface area contributed by atoms with Crippen molar-refractivity contribution in [3.8, 4) is 0 Å². The van der Waals surface area contributed by atoms with Gasteiger partial charge in [0.2, 0.25) is 5.91 Å². The molecule has 1 aliphatic heterocycles. The standard InChI is InChI=1S/C17H20ClNO4/c18-13-4-1-3-12(9-13)17(5-2-6-17)16(22)19-7-8-23-14(11-19)10-15(20)21/h1,3-4,9,14H,2,5-8,10-11H2,(H,20,21)/t14-/m0/s1. The molecular formula is C17H20ClNO4. The zero-order chi connectivity index (χ0) is 16.4. The van der Waals surface area contributed by atoms with Gasteiger partial charge >= 0.3 is 5.97 Å². The van der Waals surface area contributed by atoms with Crippen molar-refractivity contribution in [3.05, 3.63) is 34.9 Å². The highest BCUT2D eigenvalue weighted by Gasteiger charge is 2.48. The van der Waals surface area contributed by atoms with Crippen LogP contribution in [0, 0.1) is 0 Å². The molecule has 1 heterocycles. The predicted molar refractivity (Wildman–Crippen MR) is 85.6 cm³/mol. The molecule has 124 valence electrons. The molecule has 23 heavy (non-hydrogen) atoms. The SMILES string of the molecule is O=C(O)C[C@H]1CN(C(=O)C2(c3cccc(Cl)c3)CCC2)CCO1. The molecule has 6 heteroatoms. The second-order valence-corrected chi connectivity index (χ2v) is 6.72. The first-order valence-corrected chi connectivity index (χ1v) is 8.28. The van der Waals surface area contributed by atoms with Crippen molar-refractivity contribution in [1.82, 2.24) is 4.90 Å². The Morgan fingerprint density at radius 2 is 2.17 bits per heavy atom. The van der Waals surface area contributed by atoms with E-state index in [9.17, 15) is 9.59 Å². The minimum Gasteiger partial charge on any atom is -0.481 e. The van der Waals surface area contributed by atoms with E-state index in [2.05, 4.69) is 0 Å². The van der Waals surface area contributed by atoms with E-state index in [1.165, 1.54) is 0 Å². The van der Waals surface area contributed by atoms with Crippen LogP contribution in [0.5, 0.6) is 0 Å². The van der Waals surface area contributed by atoms with Crippen molar-refractivity contribution >= 4 is 23.5 Å². The summed E-state index contributed by atoms with van der Waals surface area (Å²) in [5.74, 6) is -0.831. The van der Waals surface area contributed by atoms with Gasteiger partial charge in [-0.05, 0) is 30.5 Å². The van der Waals surface area contributed by atoms with Gasteiger partial charge in [-0.2, -0.15) is 0 Å². The van der Waals surface area contributed by atoms with Crippen LogP contribution in [-0.4, -0.2) is 47.7 Å². The molecule has 1 aromatic carbocycles. The molecule has 5 nitrogen and oxygen atoms in total. The number of halogens is 1. The molecule has 2 fully saturated rings. The molecule has 1 atom stereocenters. The topological polar surface area (TPSA) is 66.8 Å². The van der Waals surface area contributed by atoms with Crippen molar-refractivity contribution < 1.29 is 19.4 Å². The molecule has 0 radical (unpaired) electrons. The first kappa shape index (κ1) is 16.3. The third-order valence-electron chi connectivity index (χ3n) is 4.82. The van der Waals surface area contributed by atoms with Gasteiger partial charge in [-0.1, -0.05) is 30.2 Å². The van der Waals surface area contributed by atoms with Gasteiger partial charge in [0.1, 0.15) is 0 Å². The van der Waals surface area contributed by atoms with E-state index in [-0.39, 0.29) is 12.3 Å². The number of aliphatic carboxylic acids is 1. The number of morpholine rings is 1. The van der Waals surface area contributed by atoms with Crippen LogP contribution >= 0.6 is 11.6 Å². The molecule has 2 aliphatic rings. The molecule has 0 spiro atoms. The molecule has 1 aliphatic carbocycles. The molecule has 1 amide bonds. The number of carboxylic acids is 1. The Kier molecular flexibility index (Phi) is 4.60. The third-order valence-corrected chi connectivity index (χ3v) is 5.06. The van der Waals surface area contributed by atoms with Crippen molar-refractivity contribution in [1.29, 1.82) is 0 Å². The summed E-state index contributed by atoms with van der Waals surface area (Å²) >= 11 is 6.09. The summed E-state index contributed by atoms with van der Waals surface area (Å²) in [6, 6.07) is 7.50. The van der Waals surface area contributed by atoms with Crippen LogP contribution in [0.3, 0.4) is 0 Å². The van der Waals surface area contributed by atoms with Crippen LogP contribution in [-0.2, 0) is 19.7 Å². The Morgan fingerprint density at radius 1 is 1.39 bits per heavy atom. The number of hydrogen-bond donors (Lipinski definition) is 1. The Labute approximate surface area is 140 Å². The number of amides is 1. The Hall–Kier alpha value is -1.59. The fourth-order valence-electron chi connectivity index (χ4n) is 3.47. The number of carbonyl (C=O) groups excluding carboxylic acids is 1. The summed E-state index contributed by atoms with van der Waals surface area (Å²) in [5.41, 5.74) is 0.457. The maximum Gasteiger partial charge on any atom is 0.306 e. The summed E-state index contributed by atoms with van der Waals surface area (Å²) in [4.78, 5) is 25.8. The highest BCUT2D eigenvalue weighted by atomic mass is 35.5. The molecular weight excluding hydrogens is 318 g/mol. The molecule has 0 unspecified atom stereocenters. The summed E-state index contributed by atoms with van der Waals surface area (Å²) in [6.07, 6.45) is 2.14. The first-order chi connectivity index (χ1) is 11.0. The molecule has 1 N–H and O–H groups in total. The lowest BCUT2D eigenvalue weighted by Gasteiger charge is -2.45. The van der Waals surface area contributed by atoms with Crippen LogP contribution in [0.1, 0.15) is 31.2 Å². The molecule has 1 saturated heterocycles. The van der Waals surface area contributed by atoms with E-state index in [1.54, 1.807) is 11.0 Å². The molecule has 3 rings (SSSR count). The van der Waals surface area contributed by atoms with Crippen LogP contribution in [0.15, 0.2) is 24.3 Å². The van der Waals surface area contributed by atoms with Gasteiger partial charge in [-0.25, -0.2) is 0 Å². The van der Waals surface area contributed by atoms with E-state index in [4.69, 9.17) is 21.4 Å². The van der Waals surface area contributed by atoms with Crippen molar-refractivity contribution in [2.45, 2.75) is 37.2 Å². The minimum atomic E-state index is -0.905. The first-order valence-electron chi connectivity index (χ1n) is 7.90. The molecule has 1 aromatic rings. The number of benzene rings is 1. The number of rotatable bonds is 4. The monoisotopic (exact) mass is 337 g/mol. The zero-order valence-electron chi connectivity index (χ0n) is 12.8. The van der Waals surface area contributed by atoms with Crippen LogP contribution in [0.4, 0.5) is 0 Å². The average Bonchev–Trinajstić information content (AvgIpc) is 2.45. The van der Waals surface area contributed by atoms with Crippen LogP contribution < -0.4 is 0 Å². The maximum atomic E-state index is 13.1. The molecule has 0 aromatic heterocycles. The number of hydrogen-bond acceptors (Lipinski definition) is 3. The van der Waals surface area contributed by atoms with E-state index >= 15 is 0 Å². The van der Waals surface area contributed by atoms with Crippen molar-refractivity contribution in [2.75, 3.05) is 19.7 Å². The third kappa shape index (κ3) is 3.21. The van der Waals surface area contributed by atoms with Crippen molar-refractivity contribution in [2.24, 2.45) is 0 Å². The minimum absolute atomic E-state index is 0.0738. The lowest BCUT2D eigenvalue weighted by Crippen LogP contribution is -2.55. The normalized spacial score (nSPS) is 23.2. The van der Waals surface area contributed by atoms with Gasteiger partial charge < -0.3 is 14.7 Å². The number of ether oxygens (including phenoxy) is 1. The summed E-state index contributed by atoms with van der Waals surface area (Å²) < 4.78 is 5.46. The average molecular weight is 338 g/mol. The molecule has 1 saturated carbocycles. The van der Waals surface area contributed by atoms with E-state index in [0.29, 0.717) is 24.7 Å². The van der Waals surface area contributed by atoms with Gasteiger partial charge in [-0.3, -0.25) is 9.59 Å². The largest absolute Gasteiger partial charge is 0.481 e. The van der Waals surface area contributed by atoms with Crippen LogP contribution in [0.25, 0.3) is 0 Å². The summed E-state index contributed by atoms with van der Waals surface area (Å²) in [7, 11) is 0. The van der Waals surface area contributed by atoms with Gasteiger partial charge in [0, 0.05) is 18.1 Å². The lowest BCUT2D eigenvalue weighted by atomic mass is 9.63. The number of carbonyl (C=O) groups is 2. The fourth-order valence-corrected chi connectivity index (χ4v) is 3.66. The van der Waals surface area contributed by atoms with Crippen LogP contribution in [0.2, 0.25) is 5.02 Å². The predicted octanol–water partition coefficient (Wildman–Crippen LogP) is 2.46. The maximum absolute atomic E-state index is 13.1. The highest BCUT2D eigenvalue weighted by molar-refractivity contribution is 6.30. The lowest BCUT2D eigenvalue weighted by molar-refractivity contribution is -0.153. The van der Waals surface area contributed by atoms with Gasteiger partial charge in [0.05, 0.1) is 24.5 Å². The van der Waals surface area contributed by atoms with E-state index in [0.717, 1.165) is 24.8 Å². The number of carboxylic acid groups (broad SMARTS) is 1. The Morgan fingerprint density at radius 3 is 2.78 bits per heavy atom. The fraction of sp³-hybridized carbons (Fsp3) is 0.529. The van der Waals surface area contributed by atoms with Gasteiger partial charge in [0.15, 0.2) is 0 Å². The zero-order valence-corrected chi connectivity index (χ0v) is 13.6. The van der Waals surface area contributed by atoms with Gasteiger partial charge in [-0.15, -0.1) is 0 Å². The highest BCUT2D eigenvalue weighted by Crippen LogP contribution is 2.46. The van der Waals surface area contributed by atoms with E-state index in [1.807, 2.05) is 18.2 Å². The Balaban J connectivity index is 1.79. The van der Waals surface area contributed by atoms with Crippen molar-refractivity contribution in [3.63, 3.8) is 0 Å². The second-order valence-electron chi connectivity index (χ2n) is 6.29. The van der Waals surface area contributed by atoms with E-state index < -0.39 is 17.5 Å². The quantitative estimate of drug-likeness (QED) is 0.916. The van der Waals surface area contributed by atoms with Gasteiger partial charge in [0.25, 0.3) is 0 Å². The summed E-state index contributed by atoms with van der Waals surface area (Å²) in [6.45, 7) is 1.24. The smallest absolute Gasteiger partial charge is 0.306 e.